The normalized spacial score (nSPS) is 32.1. The Bertz CT molecular complexity index is 1390. The molecular formula is C55H108N8. The molecule has 6 saturated heterocycles. The van der Waals surface area contributed by atoms with E-state index >= 15 is 0 Å². The molecule has 3 unspecified atom stereocenters. The first-order chi connectivity index (χ1) is 29.0. The summed E-state index contributed by atoms with van der Waals surface area (Å²) in [7, 11) is 0. The van der Waals surface area contributed by atoms with Gasteiger partial charge in [0.1, 0.15) is 0 Å². The van der Waals surface area contributed by atoms with Gasteiger partial charge in [0.05, 0.1) is 0 Å². The van der Waals surface area contributed by atoms with Crippen LogP contribution in [0.15, 0.2) is 0 Å². The first-order valence-corrected chi connectivity index (χ1v) is 27.0. The van der Waals surface area contributed by atoms with Crippen LogP contribution in [0, 0.1) is 40.9 Å². The number of likely N-dealkylation sites (tertiary alicyclic amines) is 4. The number of nitrogens with zero attached hydrogens (tertiary/aromatic N) is 8. The molecule has 6 heterocycles. The fourth-order valence-electron chi connectivity index (χ4n) is 13.9. The van der Waals surface area contributed by atoms with Gasteiger partial charge in [-0.1, -0.05) is 20.8 Å². The third kappa shape index (κ3) is 14.4. The maximum atomic E-state index is 2.97. The summed E-state index contributed by atoms with van der Waals surface area (Å²) in [5, 5.41) is 0. The molecule has 0 aromatic rings. The molecule has 0 aliphatic carbocycles. The Labute approximate surface area is 392 Å². The summed E-state index contributed by atoms with van der Waals surface area (Å²) in [6.07, 6.45) is 9.67. The average Bonchev–Trinajstić information content (AvgIpc) is 3.16. The van der Waals surface area contributed by atoms with Crippen molar-refractivity contribution in [2.24, 2.45) is 40.9 Å². The number of piperazine rings is 2. The standard InChI is InChI=1S/C55H108N8/c1-50(2,3)48-20-23-56(24-21-48)34-43-19-18-22-60(37-43)55(16,17)33-44-31-45(39-61(38-44)52(7,8)9)36-58-27-30-63(54(13,14)15)49(42-58)47-32-46(40-62(41-47)53(10,11)12)35-57-25-28-59(29-26-57)51(4,5)6/h43-49H,18-42H2,1-17H3/t43-,44?,45-,46+,47?,49?/m1/s1. The molecule has 6 aliphatic heterocycles. The Morgan fingerprint density at radius 2 is 0.873 bits per heavy atom. The first kappa shape index (κ1) is 52.1. The third-order valence-corrected chi connectivity index (χ3v) is 17.8. The van der Waals surface area contributed by atoms with E-state index in [0.717, 1.165) is 29.6 Å². The summed E-state index contributed by atoms with van der Waals surface area (Å²) >= 11 is 0. The Morgan fingerprint density at radius 3 is 1.44 bits per heavy atom. The van der Waals surface area contributed by atoms with E-state index in [1.165, 1.54) is 163 Å². The van der Waals surface area contributed by atoms with Crippen LogP contribution in [0.4, 0.5) is 0 Å². The summed E-state index contributed by atoms with van der Waals surface area (Å²) in [5.74, 6) is 4.65. The van der Waals surface area contributed by atoms with Gasteiger partial charge in [0.25, 0.3) is 0 Å². The SMILES string of the molecule is CC(C)(C)C1CCN(C[C@H]2CCCN(C(C)(C)CC3C[C@H](CN4CCN(C(C)(C)C)C(C5C[C@@H](CN6CCN(C(C)(C)C)CC6)CN(C(C)(C)C)C5)C4)CN(C(C)(C)C)C3)C2)CC1. The molecule has 6 aliphatic rings. The number of hydrogen-bond acceptors (Lipinski definition) is 8. The maximum Gasteiger partial charge on any atom is 0.0269 e. The van der Waals surface area contributed by atoms with Crippen LogP contribution in [0.2, 0.25) is 0 Å². The minimum Gasteiger partial charge on any atom is -0.303 e. The molecule has 8 heteroatoms. The molecule has 63 heavy (non-hydrogen) atoms. The summed E-state index contributed by atoms with van der Waals surface area (Å²) < 4.78 is 0. The molecule has 0 radical (unpaired) electrons. The van der Waals surface area contributed by atoms with E-state index in [0.29, 0.717) is 17.4 Å². The van der Waals surface area contributed by atoms with Crippen molar-refractivity contribution in [1.29, 1.82) is 0 Å². The summed E-state index contributed by atoms with van der Waals surface area (Å²) in [6.45, 7) is 64.8. The van der Waals surface area contributed by atoms with E-state index < -0.39 is 0 Å². The predicted octanol–water partition coefficient (Wildman–Crippen LogP) is 9.30. The van der Waals surface area contributed by atoms with E-state index in [4.69, 9.17) is 0 Å². The second kappa shape index (κ2) is 20.3. The number of piperidine rings is 4. The summed E-state index contributed by atoms with van der Waals surface area (Å²) in [5.41, 5.74) is 1.56. The third-order valence-electron chi connectivity index (χ3n) is 17.8. The van der Waals surface area contributed by atoms with Crippen LogP contribution in [-0.2, 0) is 0 Å². The van der Waals surface area contributed by atoms with Gasteiger partial charge in [-0.05, 0) is 202 Å². The molecule has 0 saturated carbocycles. The molecule has 6 fully saturated rings. The fourth-order valence-corrected chi connectivity index (χ4v) is 13.9. The van der Waals surface area contributed by atoms with Crippen molar-refractivity contribution < 1.29 is 0 Å². The molecule has 0 aromatic carbocycles. The lowest BCUT2D eigenvalue weighted by molar-refractivity contribution is -0.0640. The van der Waals surface area contributed by atoms with Gasteiger partial charge in [-0.3, -0.25) is 24.5 Å². The smallest absolute Gasteiger partial charge is 0.0269 e. The minimum absolute atomic E-state index is 0.181. The fraction of sp³-hybridized carbons (Fsp3) is 1.00. The van der Waals surface area contributed by atoms with Gasteiger partial charge in [-0.15, -0.1) is 0 Å². The van der Waals surface area contributed by atoms with Crippen LogP contribution in [0.5, 0.6) is 0 Å². The number of hydrogen-bond donors (Lipinski definition) is 0. The lowest BCUT2D eigenvalue weighted by Gasteiger charge is -2.55. The highest BCUT2D eigenvalue weighted by molar-refractivity contribution is 5.00. The molecular weight excluding hydrogens is 773 g/mol. The lowest BCUT2D eigenvalue weighted by Crippen LogP contribution is -2.65. The van der Waals surface area contributed by atoms with Gasteiger partial charge in [0.2, 0.25) is 0 Å². The zero-order valence-electron chi connectivity index (χ0n) is 45.3. The Hall–Kier alpha value is -0.320. The van der Waals surface area contributed by atoms with Crippen LogP contribution in [0.3, 0.4) is 0 Å². The first-order valence-electron chi connectivity index (χ1n) is 27.0. The van der Waals surface area contributed by atoms with E-state index in [1.54, 1.807) is 0 Å². The average molecular weight is 882 g/mol. The predicted molar refractivity (Wildman–Crippen MR) is 272 cm³/mol. The van der Waals surface area contributed by atoms with Crippen molar-refractivity contribution in [2.45, 2.75) is 196 Å². The topological polar surface area (TPSA) is 25.9 Å². The van der Waals surface area contributed by atoms with Crippen LogP contribution >= 0.6 is 0 Å². The van der Waals surface area contributed by atoms with Gasteiger partial charge < -0.3 is 14.7 Å². The highest BCUT2D eigenvalue weighted by atomic mass is 15.3. The van der Waals surface area contributed by atoms with E-state index in [9.17, 15) is 0 Å². The molecule has 0 spiro atoms. The molecule has 368 valence electrons. The van der Waals surface area contributed by atoms with E-state index in [1.807, 2.05) is 0 Å². The van der Waals surface area contributed by atoms with Gasteiger partial charge in [0.15, 0.2) is 0 Å². The molecule has 0 aromatic heterocycles. The van der Waals surface area contributed by atoms with Crippen molar-refractivity contribution in [3.05, 3.63) is 0 Å². The largest absolute Gasteiger partial charge is 0.303 e. The molecule has 0 amide bonds. The molecule has 8 nitrogen and oxygen atoms in total. The summed E-state index contributed by atoms with van der Waals surface area (Å²) in [4.78, 5) is 23.1. The zero-order chi connectivity index (χ0) is 46.3. The Balaban J connectivity index is 1.10. The van der Waals surface area contributed by atoms with Crippen molar-refractivity contribution in [3.8, 4) is 0 Å². The molecule has 0 bridgehead atoms. The monoisotopic (exact) mass is 881 g/mol. The maximum absolute atomic E-state index is 2.97. The molecule has 0 N–H and O–H groups in total. The van der Waals surface area contributed by atoms with Crippen LogP contribution in [-0.4, -0.2) is 191 Å². The minimum atomic E-state index is 0.181. The second-order valence-electron chi connectivity index (χ2n) is 28.5. The van der Waals surface area contributed by atoms with Crippen LogP contribution < -0.4 is 0 Å². The summed E-state index contributed by atoms with van der Waals surface area (Å²) in [6, 6.07) is 0.609. The van der Waals surface area contributed by atoms with Crippen molar-refractivity contribution in [1.82, 2.24) is 39.2 Å². The highest BCUT2D eigenvalue weighted by Gasteiger charge is 2.45. The van der Waals surface area contributed by atoms with Gasteiger partial charge in [-0.2, -0.15) is 0 Å². The quantitative estimate of drug-likeness (QED) is 0.215. The van der Waals surface area contributed by atoms with Crippen molar-refractivity contribution >= 4 is 0 Å². The van der Waals surface area contributed by atoms with Gasteiger partial charge in [0, 0.05) is 132 Å². The highest BCUT2D eigenvalue weighted by Crippen LogP contribution is 2.40. The Morgan fingerprint density at radius 1 is 0.381 bits per heavy atom. The van der Waals surface area contributed by atoms with Crippen LogP contribution in [0.1, 0.15) is 163 Å². The second-order valence-corrected chi connectivity index (χ2v) is 28.5. The van der Waals surface area contributed by atoms with Crippen molar-refractivity contribution in [2.75, 3.05) is 118 Å². The van der Waals surface area contributed by atoms with E-state index in [-0.39, 0.29) is 27.7 Å². The van der Waals surface area contributed by atoms with Crippen molar-refractivity contribution in [3.63, 3.8) is 0 Å². The van der Waals surface area contributed by atoms with E-state index in [2.05, 4.69) is 157 Å². The zero-order valence-corrected chi connectivity index (χ0v) is 45.3. The van der Waals surface area contributed by atoms with Crippen LogP contribution in [0.25, 0.3) is 0 Å². The molecule has 6 atom stereocenters. The molecule has 6 rings (SSSR count). The Kier molecular flexibility index (Phi) is 16.8. The lowest BCUT2D eigenvalue weighted by atomic mass is 9.75. The number of rotatable bonds is 10. The van der Waals surface area contributed by atoms with Gasteiger partial charge >= 0.3 is 0 Å². The van der Waals surface area contributed by atoms with Gasteiger partial charge in [-0.25, -0.2) is 0 Å².